The Kier molecular flexibility index (Phi) is 9.09. The Morgan fingerprint density at radius 2 is 1.63 bits per heavy atom. The Bertz CT molecular complexity index is 1340. The zero-order valence-electron chi connectivity index (χ0n) is 21.6. The van der Waals surface area contributed by atoms with Gasteiger partial charge in [-0.1, -0.05) is 49.7 Å². The molecule has 6 nitrogen and oxygen atoms in total. The van der Waals surface area contributed by atoms with Crippen LogP contribution in [0.25, 0.3) is 0 Å². The summed E-state index contributed by atoms with van der Waals surface area (Å²) in [6, 6.07) is 16.5. The molecule has 0 fully saturated rings. The predicted octanol–water partition coefficient (Wildman–Crippen LogP) is 6.12. The Morgan fingerprint density at radius 1 is 1.00 bits per heavy atom. The van der Waals surface area contributed by atoms with Crippen molar-refractivity contribution in [2.45, 2.75) is 44.3 Å². The zero-order chi connectivity index (χ0) is 28.1. The molecule has 204 valence electrons. The monoisotopic (exact) mass is 548 g/mol. The first-order chi connectivity index (χ1) is 17.8. The second kappa shape index (κ2) is 11.9. The van der Waals surface area contributed by atoms with Crippen LogP contribution in [0, 0.1) is 12.8 Å². The van der Waals surface area contributed by atoms with Gasteiger partial charge in [0.05, 0.1) is 29.3 Å². The average molecular weight is 549 g/mol. The number of sulfonamides is 1. The van der Waals surface area contributed by atoms with Gasteiger partial charge >= 0.3 is 6.18 Å². The number of nitrogens with one attached hydrogen (secondary N) is 1. The number of carbonyl (C=O) groups is 1. The van der Waals surface area contributed by atoms with E-state index in [1.165, 1.54) is 18.2 Å². The van der Waals surface area contributed by atoms with Crippen molar-refractivity contribution in [1.29, 1.82) is 0 Å². The second-order valence-corrected chi connectivity index (χ2v) is 11.3. The number of ether oxygens (including phenoxy) is 1. The second-order valence-electron chi connectivity index (χ2n) is 9.40. The highest BCUT2D eigenvalue weighted by molar-refractivity contribution is 7.92. The van der Waals surface area contributed by atoms with Gasteiger partial charge in [-0.05, 0) is 67.3 Å². The van der Waals surface area contributed by atoms with Crippen molar-refractivity contribution >= 4 is 21.6 Å². The molecule has 0 aliphatic rings. The van der Waals surface area contributed by atoms with Crippen LogP contribution in [-0.4, -0.2) is 28.0 Å². The molecule has 3 rings (SSSR count). The third kappa shape index (κ3) is 7.28. The normalized spacial score (nSPS) is 12.7. The van der Waals surface area contributed by atoms with Gasteiger partial charge in [0.1, 0.15) is 12.3 Å². The number of carbonyl (C=O) groups excluding carboxylic acids is 1. The Balaban J connectivity index is 1.98. The fourth-order valence-corrected chi connectivity index (χ4v) is 5.36. The number of nitrogens with zero attached hydrogens (tertiary/aromatic N) is 1. The minimum atomic E-state index is -4.69. The molecule has 0 radical (unpaired) electrons. The molecular formula is C28H31F3N2O4S. The lowest BCUT2D eigenvalue weighted by atomic mass is 9.97. The van der Waals surface area contributed by atoms with Crippen LogP contribution in [0.1, 0.15) is 43.0 Å². The van der Waals surface area contributed by atoms with Gasteiger partial charge < -0.3 is 10.1 Å². The summed E-state index contributed by atoms with van der Waals surface area (Å²) in [5, 5.41) is 2.87. The SMILES string of the molecule is COc1ccc(C(CC(C)C)NC(=O)CN(c2cccc(C(F)(F)F)c2)S(=O)(=O)c2ccc(C)cc2)cc1. The molecule has 3 aromatic rings. The molecule has 1 N–H and O–H groups in total. The van der Waals surface area contributed by atoms with Crippen molar-refractivity contribution in [3.63, 3.8) is 0 Å². The molecule has 0 saturated heterocycles. The highest BCUT2D eigenvalue weighted by Gasteiger charge is 2.33. The van der Waals surface area contributed by atoms with E-state index in [-0.39, 0.29) is 16.5 Å². The van der Waals surface area contributed by atoms with E-state index >= 15 is 0 Å². The van der Waals surface area contributed by atoms with Gasteiger partial charge in [-0.25, -0.2) is 8.42 Å². The molecule has 0 heterocycles. The first-order valence-corrected chi connectivity index (χ1v) is 13.4. The minimum Gasteiger partial charge on any atom is -0.497 e. The average Bonchev–Trinajstić information content (AvgIpc) is 2.86. The maximum atomic E-state index is 13.6. The van der Waals surface area contributed by atoms with Crippen molar-refractivity contribution in [2.75, 3.05) is 18.0 Å². The number of aryl methyl sites for hydroxylation is 1. The van der Waals surface area contributed by atoms with Crippen molar-refractivity contribution in [1.82, 2.24) is 5.32 Å². The van der Waals surface area contributed by atoms with E-state index < -0.39 is 40.3 Å². The van der Waals surface area contributed by atoms with Gasteiger partial charge in [0.15, 0.2) is 0 Å². The van der Waals surface area contributed by atoms with Crippen LogP contribution in [0.3, 0.4) is 0 Å². The molecule has 0 saturated carbocycles. The lowest BCUT2D eigenvalue weighted by Crippen LogP contribution is -2.42. The van der Waals surface area contributed by atoms with Gasteiger partial charge in [0, 0.05) is 0 Å². The van der Waals surface area contributed by atoms with Crippen molar-refractivity contribution < 1.29 is 31.1 Å². The van der Waals surface area contributed by atoms with Crippen molar-refractivity contribution in [3.05, 3.63) is 89.5 Å². The van der Waals surface area contributed by atoms with Crippen LogP contribution in [-0.2, 0) is 21.0 Å². The van der Waals surface area contributed by atoms with Crippen LogP contribution in [0.15, 0.2) is 77.7 Å². The number of methoxy groups -OCH3 is 1. The van der Waals surface area contributed by atoms with Crippen LogP contribution in [0.5, 0.6) is 5.75 Å². The molecule has 0 aliphatic heterocycles. The lowest BCUT2D eigenvalue weighted by Gasteiger charge is -2.27. The van der Waals surface area contributed by atoms with E-state index in [2.05, 4.69) is 5.32 Å². The molecule has 1 atom stereocenters. The number of hydrogen-bond acceptors (Lipinski definition) is 4. The summed E-state index contributed by atoms with van der Waals surface area (Å²) < 4.78 is 73.4. The van der Waals surface area contributed by atoms with E-state index in [1.807, 2.05) is 13.8 Å². The van der Waals surface area contributed by atoms with E-state index in [4.69, 9.17) is 4.74 Å². The predicted molar refractivity (Wildman–Crippen MR) is 140 cm³/mol. The summed E-state index contributed by atoms with van der Waals surface area (Å²) in [6.07, 6.45) is -4.12. The summed E-state index contributed by atoms with van der Waals surface area (Å²) in [4.78, 5) is 13.1. The fourth-order valence-electron chi connectivity index (χ4n) is 3.95. The van der Waals surface area contributed by atoms with Gasteiger partial charge in [-0.3, -0.25) is 9.10 Å². The van der Waals surface area contributed by atoms with Crippen LogP contribution in [0.4, 0.5) is 18.9 Å². The number of hydrogen-bond donors (Lipinski definition) is 1. The standard InChI is InChI=1S/C28H31F3N2O4S/c1-19(2)16-26(21-10-12-24(37-4)13-11-21)32-27(34)18-33(23-7-5-6-22(17-23)28(29,30)31)38(35,36)25-14-8-20(3)9-15-25/h5-15,17,19,26H,16,18H2,1-4H3,(H,32,34). The third-order valence-electron chi connectivity index (χ3n) is 5.92. The molecule has 0 aliphatic carbocycles. The van der Waals surface area contributed by atoms with E-state index in [0.29, 0.717) is 16.5 Å². The van der Waals surface area contributed by atoms with Crippen LogP contribution in [0.2, 0.25) is 0 Å². The highest BCUT2D eigenvalue weighted by atomic mass is 32.2. The topological polar surface area (TPSA) is 75.7 Å². The number of anilines is 1. The molecule has 3 aromatic carbocycles. The summed E-state index contributed by atoms with van der Waals surface area (Å²) in [5.41, 5.74) is 0.319. The smallest absolute Gasteiger partial charge is 0.416 e. The maximum Gasteiger partial charge on any atom is 0.416 e. The fraction of sp³-hybridized carbons (Fsp3) is 0.321. The molecular weight excluding hydrogens is 517 g/mol. The van der Waals surface area contributed by atoms with Gasteiger partial charge in [0.25, 0.3) is 10.0 Å². The first kappa shape index (κ1) is 29.0. The lowest BCUT2D eigenvalue weighted by molar-refractivity contribution is -0.137. The largest absolute Gasteiger partial charge is 0.497 e. The number of alkyl halides is 3. The number of benzene rings is 3. The molecule has 1 unspecified atom stereocenters. The Hall–Kier alpha value is -3.53. The Labute approximate surface area is 221 Å². The van der Waals surface area contributed by atoms with Crippen molar-refractivity contribution in [3.8, 4) is 5.75 Å². The minimum absolute atomic E-state index is 0.137. The molecule has 0 aromatic heterocycles. The van der Waals surface area contributed by atoms with Crippen LogP contribution >= 0.6 is 0 Å². The van der Waals surface area contributed by atoms with Gasteiger partial charge in [0.2, 0.25) is 5.91 Å². The summed E-state index contributed by atoms with van der Waals surface area (Å²) >= 11 is 0. The number of halogens is 3. The van der Waals surface area contributed by atoms with Gasteiger partial charge in [-0.15, -0.1) is 0 Å². The molecule has 0 bridgehead atoms. The Morgan fingerprint density at radius 3 is 2.18 bits per heavy atom. The molecule has 1 amide bonds. The van der Waals surface area contributed by atoms with Crippen molar-refractivity contribution in [2.24, 2.45) is 5.92 Å². The van der Waals surface area contributed by atoms with E-state index in [9.17, 15) is 26.4 Å². The quantitative estimate of drug-likeness (QED) is 0.331. The summed E-state index contributed by atoms with van der Waals surface area (Å²) in [7, 11) is -2.83. The summed E-state index contributed by atoms with van der Waals surface area (Å²) in [6.45, 7) is 5.05. The number of rotatable bonds is 10. The van der Waals surface area contributed by atoms with E-state index in [0.717, 1.165) is 29.3 Å². The molecule has 0 spiro atoms. The van der Waals surface area contributed by atoms with Gasteiger partial charge in [-0.2, -0.15) is 13.2 Å². The first-order valence-electron chi connectivity index (χ1n) is 12.0. The third-order valence-corrected chi connectivity index (χ3v) is 7.71. The van der Waals surface area contributed by atoms with Crippen LogP contribution < -0.4 is 14.4 Å². The number of amides is 1. The van der Waals surface area contributed by atoms with E-state index in [1.54, 1.807) is 50.4 Å². The summed E-state index contributed by atoms with van der Waals surface area (Å²) in [5.74, 6) is 0.182. The zero-order valence-corrected chi connectivity index (χ0v) is 22.4. The highest BCUT2D eigenvalue weighted by Crippen LogP contribution is 2.33. The molecule has 38 heavy (non-hydrogen) atoms. The maximum absolute atomic E-state index is 13.6. The molecule has 10 heteroatoms.